The standard InChI is InChI=1S/C26H32N8O/c1-35-21-9-5-8-18(22(21)28)14-29-24-23-25(34(16-30-23)15-17-6-3-2-4-7-17)33-26(32-24)31-20-12-10-19(27)11-13-20/h2-9,16,19-20H,10-15,27-28H2,1H3,(H2,29,31,32,33). The van der Waals surface area contributed by atoms with Crippen molar-refractivity contribution >= 4 is 28.6 Å². The molecular weight excluding hydrogens is 440 g/mol. The van der Waals surface area contributed by atoms with Gasteiger partial charge in [-0.1, -0.05) is 42.5 Å². The largest absolute Gasteiger partial charge is 0.495 e. The third kappa shape index (κ3) is 5.14. The van der Waals surface area contributed by atoms with Crippen molar-refractivity contribution in [3.63, 3.8) is 0 Å². The van der Waals surface area contributed by atoms with Gasteiger partial charge in [0.05, 0.1) is 25.7 Å². The highest BCUT2D eigenvalue weighted by Gasteiger charge is 2.21. The van der Waals surface area contributed by atoms with Gasteiger partial charge in [-0.25, -0.2) is 4.98 Å². The van der Waals surface area contributed by atoms with E-state index in [9.17, 15) is 0 Å². The zero-order valence-corrected chi connectivity index (χ0v) is 19.9. The van der Waals surface area contributed by atoms with Crippen LogP contribution in [0.3, 0.4) is 0 Å². The molecule has 0 radical (unpaired) electrons. The monoisotopic (exact) mass is 472 g/mol. The molecule has 0 unspecified atom stereocenters. The molecule has 6 N–H and O–H groups in total. The third-order valence-electron chi connectivity index (χ3n) is 6.59. The third-order valence-corrected chi connectivity index (χ3v) is 6.59. The van der Waals surface area contributed by atoms with Crippen molar-refractivity contribution in [2.75, 3.05) is 23.5 Å². The Morgan fingerprint density at radius 1 is 1.03 bits per heavy atom. The van der Waals surface area contributed by atoms with Gasteiger partial charge in [-0.05, 0) is 42.9 Å². The summed E-state index contributed by atoms with van der Waals surface area (Å²) < 4.78 is 7.42. The number of hydrogen-bond acceptors (Lipinski definition) is 8. The van der Waals surface area contributed by atoms with Crippen LogP contribution in [-0.4, -0.2) is 38.7 Å². The number of ether oxygens (including phenoxy) is 1. The van der Waals surface area contributed by atoms with Gasteiger partial charge >= 0.3 is 0 Å². The van der Waals surface area contributed by atoms with E-state index in [0.29, 0.717) is 42.3 Å². The van der Waals surface area contributed by atoms with Crippen LogP contribution in [0.1, 0.15) is 36.8 Å². The molecule has 0 amide bonds. The fourth-order valence-corrected chi connectivity index (χ4v) is 4.57. The van der Waals surface area contributed by atoms with Gasteiger partial charge in [-0.2, -0.15) is 9.97 Å². The first-order chi connectivity index (χ1) is 17.1. The van der Waals surface area contributed by atoms with Crippen molar-refractivity contribution in [3.8, 4) is 5.75 Å². The molecule has 35 heavy (non-hydrogen) atoms. The van der Waals surface area contributed by atoms with Crippen molar-refractivity contribution in [1.82, 2.24) is 19.5 Å². The Balaban J connectivity index is 1.46. The zero-order valence-electron chi connectivity index (χ0n) is 19.9. The van der Waals surface area contributed by atoms with Crippen molar-refractivity contribution in [1.29, 1.82) is 0 Å². The highest BCUT2D eigenvalue weighted by Crippen LogP contribution is 2.28. The summed E-state index contributed by atoms with van der Waals surface area (Å²) in [7, 11) is 1.62. The maximum Gasteiger partial charge on any atom is 0.227 e. The molecule has 2 aromatic heterocycles. The van der Waals surface area contributed by atoms with E-state index in [0.717, 1.165) is 42.4 Å². The van der Waals surface area contributed by atoms with Gasteiger partial charge in [0.15, 0.2) is 17.0 Å². The Morgan fingerprint density at radius 2 is 1.83 bits per heavy atom. The number of aromatic nitrogens is 4. The predicted octanol–water partition coefficient (Wildman–Crippen LogP) is 3.76. The van der Waals surface area contributed by atoms with E-state index in [-0.39, 0.29) is 6.04 Å². The normalized spacial score (nSPS) is 17.9. The molecule has 1 fully saturated rings. The lowest BCUT2D eigenvalue weighted by atomic mass is 9.92. The summed E-state index contributed by atoms with van der Waals surface area (Å²) in [6.07, 6.45) is 5.85. The van der Waals surface area contributed by atoms with E-state index < -0.39 is 0 Å². The topological polar surface area (TPSA) is 129 Å². The summed E-state index contributed by atoms with van der Waals surface area (Å²) in [5.41, 5.74) is 16.6. The number of hydrogen-bond donors (Lipinski definition) is 4. The number of benzene rings is 2. The lowest BCUT2D eigenvalue weighted by Gasteiger charge is -2.26. The van der Waals surface area contributed by atoms with Gasteiger partial charge in [-0.3, -0.25) is 0 Å². The van der Waals surface area contributed by atoms with Gasteiger partial charge in [0, 0.05) is 18.6 Å². The number of methoxy groups -OCH3 is 1. The second-order valence-electron chi connectivity index (χ2n) is 9.07. The summed E-state index contributed by atoms with van der Waals surface area (Å²) in [6, 6.07) is 16.6. The molecule has 9 heteroatoms. The van der Waals surface area contributed by atoms with E-state index >= 15 is 0 Å². The summed E-state index contributed by atoms with van der Waals surface area (Å²) in [5.74, 6) is 1.91. The first-order valence-corrected chi connectivity index (χ1v) is 12.0. The highest BCUT2D eigenvalue weighted by molar-refractivity contribution is 5.84. The van der Waals surface area contributed by atoms with Crippen LogP contribution >= 0.6 is 0 Å². The van der Waals surface area contributed by atoms with Crippen molar-refractivity contribution < 1.29 is 4.74 Å². The molecule has 0 spiro atoms. The minimum absolute atomic E-state index is 0.286. The smallest absolute Gasteiger partial charge is 0.227 e. The summed E-state index contributed by atoms with van der Waals surface area (Å²) in [6.45, 7) is 1.16. The number of para-hydroxylation sites is 1. The summed E-state index contributed by atoms with van der Waals surface area (Å²) in [5, 5.41) is 6.97. The summed E-state index contributed by atoms with van der Waals surface area (Å²) >= 11 is 0. The number of nitrogens with zero attached hydrogens (tertiary/aromatic N) is 4. The van der Waals surface area contributed by atoms with Gasteiger partial charge in [0.1, 0.15) is 5.75 Å². The van der Waals surface area contributed by atoms with E-state index in [4.69, 9.17) is 26.2 Å². The number of fused-ring (bicyclic) bond motifs is 1. The molecule has 1 aliphatic carbocycles. The second kappa shape index (κ2) is 10.2. The summed E-state index contributed by atoms with van der Waals surface area (Å²) in [4.78, 5) is 14.3. The molecule has 0 bridgehead atoms. The number of rotatable bonds is 8. The molecule has 2 heterocycles. The molecule has 4 aromatic rings. The van der Waals surface area contributed by atoms with Crippen molar-refractivity contribution in [3.05, 3.63) is 66.0 Å². The molecule has 0 saturated heterocycles. The number of nitrogen functional groups attached to an aromatic ring is 1. The lowest BCUT2D eigenvalue weighted by molar-refractivity contribution is 0.410. The molecule has 5 rings (SSSR count). The number of nitrogens with two attached hydrogens (primary N) is 2. The van der Waals surface area contributed by atoms with Crippen LogP contribution in [0.5, 0.6) is 5.75 Å². The second-order valence-corrected chi connectivity index (χ2v) is 9.07. The molecule has 2 aromatic carbocycles. The number of anilines is 3. The van der Waals surface area contributed by atoms with Gasteiger partial charge in [0.2, 0.25) is 5.95 Å². The fourth-order valence-electron chi connectivity index (χ4n) is 4.57. The molecule has 182 valence electrons. The fraction of sp³-hybridized carbons (Fsp3) is 0.346. The lowest BCUT2D eigenvalue weighted by Crippen LogP contribution is -2.33. The molecule has 0 atom stereocenters. The van der Waals surface area contributed by atoms with Crippen LogP contribution in [-0.2, 0) is 13.1 Å². The molecular formula is C26H32N8O. The Morgan fingerprint density at radius 3 is 2.60 bits per heavy atom. The van der Waals surface area contributed by atoms with Gasteiger partial charge in [-0.15, -0.1) is 0 Å². The SMILES string of the molecule is COc1cccc(CNc2nc(NC3CCC(N)CC3)nc3c2ncn3Cc2ccccc2)c1N. The van der Waals surface area contributed by atoms with Crippen LogP contribution in [0.15, 0.2) is 54.9 Å². The quantitative estimate of drug-likeness (QED) is 0.285. The Labute approximate surface area is 204 Å². The van der Waals surface area contributed by atoms with E-state index in [1.54, 1.807) is 7.11 Å². The predicted molar refractivity (Wildman–Crippen MR) is 139 cm³/mol. The number of nitrogens with one attached hydrogen (secondary N) is 2. The molecule has 9 nitrogen and oxygen atoms in total. The minimum Gasteiger partial charge on any atom is -0.495 e. The Kier molecular flexibility index (Phi) is 6.67. The van der Waals surface area contributed by atoms with E-state index in [2.05, 4.69) is 32.3 Å². The van der Waals surface area contributed by atoms with Gasteiger partial charge < -0.3 is 31.4 Å². The Hall–Kier alpha value is -3.85. The zero-order chi connectivity index (χ0) is 24.2. The van der Waals surface area contributed by atoms with Crippen LogP contribution in [0, 0.1) is 0 Å². The van der Waals surface area contributed by atoms with Crippen LogP contribution in [0.25, 0.3) is 11.2 Å². The van der Waals surface area contributed by atoms with Crippen LogP contribution in [0.2, 0.25) is 0 Å². The van der Waals surface area contributed by atoms with Crippen molar-refractivity contribution in [2.45, 2.75) is 50.9 Å². The first-order valence-electron chi connectivity index (χ1n) is 12.0. The molecule has 0 aliphatic heterocycles. The van der Waals surface area contributed by atoms with Crippen LogP contribution < -0.4 is 26.8 Å². The van der Waals surface area contributed by atoms with Crippen molar-refractivity contribution in [2.24, 2.45) is 5.73 Å². The van der Waals surface area contributed by atoms with E-state index in [1.165, 1.54) is 5.56 Å². The highest BCUT2D eigenvalue weighted by atomic mass is 16.5. The Bertz CT molecular complexity index is 1280. The van der Waals surface area contributed by atoms with Gasteiger partial charge in [0.25, 0.3) is 0 Å². The average molecular weight is 473 g/mol. The molecule has 1 saturated carbocycles. The van der Waals surface area contributed by atoms with Crippen LogP contribution in [0.4, 0.5) is 17.5 Å². The first kappa shape index (κ1) is 22.9. The van der Waals surface area contributed by atoms with E-state index in [1.807, 2.05) is 42.7 Å². The minimum atomic E-state index is 0.286. The number of imidazole rings is 1. The maximum atomic E-state index is 6.29. The molecule has 1 aliphatic rings. The maximum absolute atomic E-state index is 6.29. The average Bonchev–Trinajstić information content (AvgIpc) is 3.28.